The average Bonchev–Trinajstić information content (AvgIpc) is 2.73. The maximum Gasteiger partial charge on any atom is 0.416 e. The van der Waals surface area contributed by atoms with Crippen molar-refractivity contribution in [2.75, 3.05) is 4.90 Å². The van der Waals surface area contributed by atoms with E-state index in [1.807, 2.05) is 13.8 Å². The van der Waals surface area contributed by atoms with E-state index in [9.17, 15) is 23.2 Å². The second kappa shape index (κ2) is 8.37. The highest BCUT2D eigenvalue weighted by Crippen LogP contribution is 2.52. The van der Waals surface area contributed by atoms with Crippen LogP contribution in [0.5, 0.6) is 0 Å². The fraction of sp³-hybridized carbons (Fsp3) is 0.280. The second-order valence-corrected chi connectivity index (χ2v) is 9.98. The van der Waals surface area contributed by atoms with Crippen LogP contribution in [0.3, 0.4) is 0 Å². The summed E-state index contributed by atoms with van der Waals surface area (Å²) in [5.74, 6) is -1.14. The molecule has 34 heavy (non-hydrogen) atoms. The quantitative estimate of drug-likeness (QED) is 0.479. The summed E-state index contributed by atoms with van der Waals surface area (Å²) >= 11 is 12.8. The predicted octanol–water partition coefficient (Wildman–Crippen LogP) is 6.95. The number of nitrogens with zero attached hydrogens (tertiary/aromatic N) is 2. The SMILES string of the molecule is CC1(C)CC(=O)C2=C(C1)N(c1cc(C(F)(F)F)ccc1Cl)C(N)=C(C#N)C2c1ccccc1Cl. The minimum atomic E-state index is -4.62. The van der Waals surface area contributed by atoms with Gasteiger partial charge in [0.1, 0.15) is 5.82 Å². The number of carbonyl (C=O) groups is 1. The highest BCUT2D eigenvalue weighted by atomic mass is 35.5. The van der Waals surface area contributed by atoms with Crippen LogP contribution in [0.15, 0.2) is 65.1 Å². The predicted molar refractivity (Wildman–Crippen MR) is 125 cm³/mol. The Morgan fingerprint density at radius 3 is 2.41 bits per heavy atom. The number of benzene rings is 2. The minimum Gasteiger partial charge on any atom is -0.384 e. The number of halogens is 5. The molecule has 0 amide bonds. The Bertz CT molecular complexity index is 1310. The summed E-state index contributed by atoms with van der Waals surface area (Å²) in [5, 5.41) is 10.4. The summed E-state index contributed by atoms with van der Waals surface area (Å²) in [7, 11) is 0. The number of hydrogen-bond acceptors (Lipinski definition) is 4. The molecule has 0 aromatic heterocycles. The van der Waals surface area contributed by atoms with Crippen molar-refractivity contribution in [3.8, 4) is 6.07 Å². The van der Waals surface area contributed by atoms with Crippen LogP contribution < -0.4 is 10.6 Å². The van der Waals surface area contributed by atoms with E-state index in [4.69, 9.17) is 28.9 Å². The normalized spacial score (nSPS) is 20.4. The lowest BCUT2D eigenvalue weighted by atomic mass is 9.68. The van der Waals surface area contributed by atoms with Gasteiger partial charge in [-0.15, -0.1) is 0 Å². The Morgan fingerprint density at radius 1 is 1.12 bits per heavy atom. The maximum absolute atomic E-state index is 13.5. The molecule has 4 rings (SSSR count). The van der Waals surface area contributed by atoms with Crippen molar-refractivity contribution in [2.24, 2.45) is 11.1 Å². The summed E-state index contributed by atoms with van der Waals surface area (Å²) in [6, 6.07) is 11.8. The third kappa shape index (κ3) is 4.06. The highest BCUT2D eigenvalue weighted by Gasteiger charge is 2.45. The lowest BCUT2D eigenvalue weighted by Gasteiger charge is -2.44. The van der Waals surface area contributed by atoms with Crippen molar-refractivity contribution in [1.29, 1.82) is 5.26 Å². The molecule has 0 bridgehead atoms. The number of nitrogens with two attached hydrogens (primary N) is 1. The molecule has 2 aliphatic rings. The van der Waals surface area contributed by atoms with Gasteiger partial charge in [-0.2, -0.15) is 18.4 Å². The Morgan fingerprint density at radius 2 is 1.79 bits per heavy atom. The van der Waals surface area contributed by atoms with Crippen LogP contribution in [0.2, 0.25) is 10.0 Å². The van der Waals surface area contributed by atoms with Crippen molar-refractivity contribution in [2.45, 2.75) is 38.8 Å². The van der Waals surface area contributed by atoms with E-state index >= 15 is 0 Å². The Hall–Kier alpha value is -2.95. The smallest absolute Gasteiger partial charge is 0.384 e. The molecule has 2 aromatic carbocycles. The van der Waals surface area contributed by atoms with Crippen LogP contribution in [0.25, 0.3) is 0 Å². The van der Waals surface area contributed by atoms with Gasteiger partial charge in [0.2, 0.25) is 0 Å². The first-order valence-corrected chi connectivity index (χ1v) is 11.2. The van der Waals surface area contributed by atoms with E-state index in [1.54, 1.807) is 24.3 Å². The molecule has 0 fully saturated rings. The van der Waals surface area contributed by atoms with Crippen LogP contribution >= 0.6 is 23.2 Å². The van der Waals surface area contributed by atoms with Crippen molar-refractivity contribution in [3.05, 3.63) is 86.3 Å². The molecule has 1 atom stereocenters. The van der Waals surface area contributed by atoms with Gasteiger partial charge in [0.05, 0.1) is 33.8 Å². The van der Waals surface area contributed by atoms with Crippen molar-refractivity contribution < 1.29 is 18.0 Å². The average molecular weight is 506 g/mol. The lowest BCUT2D eigenvalue weighted by Crippen LogP contribution is -2.42. The van der Waals surface area contributed by atoms with Gasteiger partial charge in [0.25, 0.3) is 0 Å². The van der Waals surface area contributed by atoms with Gasteiger partial charge in [0, 0.05) is 22.7 Å². The van der Waals surface area contributed by atoms with E-state index in [0.29, 0.717) is 28.3 Å². The third-order valence-corrected chi connectivity index (χ3v) is 6.78. The van der Waals surface area contributed by atoms with Crippen LogP contribution in [0.4, 0.5) is 18.9 Å². The molecular weight excluding hydrogens is 486 g/mol. The molecule has 1 aliphatic heterocycles. The van der Waals surface area contributed by atoms with Crippen LogP contribution in [0, 0.1) is 16.7 Å². The number of alkyl halides is 3. The Labute approximate surface area is 205 Å². The summed E-state index contributed by atoms with van der Waals surface area (Å²) in [6.07, 6.45) is -4.08. The number of rotatable bonds is 2. The molecule has 0 radical (unpaired) electrons. The number of carbonyl (C=O) groups excluding carboxylic acids is 1. The van der Waals surface area contributed by atoms with E-state index < -0.39 is 23.1 Å². The molecule has 2 aromatic rings. The number of hydrogen-bond donors (Lipinski definition) is 1. The number of nitriles is 1. The van der Waals surface area contributed by atoms with Gasteiger partial charge in [-0.1, -0.05) is 55.2 Å². The monoisotopic (exact) mass is 505 g/mol. The molecule has 0 spiro atoms. The fourth-order valence-electron chi connectivity index (χ4n) is 4.66. The topological polar surface area (TPSA) is 70.1 Å². The zero-order valence-electron chi connectivity index (χ0n) is 18.3. The molecule has 0 saturated carbocycles. The van der Waals surface area contributed by atoms with E-state index in [-0.39, 0.29) is 34.3 Å². The first-order chi connectivity index (χ1) is 15.9. The fourth-order valence-corrected chi connectivity index (χ4v) is 5.11. The third-order valence-electron chi connectivity index (χ3n) is 6.11. The number of anilines is 1. The van der Waals surface area contributed by atoms with Gasteiger partial charge in [-0.25, -0.2) is 0 Å². The summed E-state index contributed by atoms with van der Waals surface area (Å²) in [4.78, 5) is 14.8. The molecule has 0 saturated heterocycles. The van der Waals surface area contributed by atoms with Gasteiger partial charge in [0.15, 0.2) is 5.78 Å². The van der Waals surface area contributed by atoms with Crippen molar-refractivity contribution >= 4 is 34.7 Å². The standard InChI is InChI=1S/C25H20Cl2F3N3O/c1-24(2)10-19-22(20(34)11-24)21(14-5-3-4-6-16(14)26)15(12-31)23(32)33(19)18-9-13(25(28,29)30)7-8-17(18)27/h3-9,21H,10-11,32H2,1-2H3. The molecular formula is C25H20Cl2F3N3O. The largest absolute Gasteiger partial charge is 0.416 e. The maximum atomic E-state index is 13.5. The van der Waals surface area contributed by atoms with E-state index in [2.05, 4.69) is 6.07 Å². The van der Waals surface area contributed by atoms with E-state index in [0.717, 1.165) is 18.2 Å². The molecule has 4 nitrogen and oxygen atoms in total. The second-order valence-electron chi connectivity index (χ2n) is 9.17. The lowest BCUT2D eigenvalue weighted by molar-refractivity contribution is -0.137. The Kier molecular flexibility index (Phi) is 5.95. The summed E-state index contributed by atoms with van der Waals surface area (Å²) in [5.41, 5.74) is 6.28. The van der Waals surface area contributed by atoms with Gasteiger partial charge in [-0.3, -0.25) is 9.69 Å². The molecule has 176 valence electrons. The van der Waals surface area contributed by atoms with Crippen molar-refractivity contribution in [3.63, 3.8) is 0 Å². The van der Waals surface area contributed by atoms with Gasteiger partial charge in [-0.05, 0) is 41.7 Å². The molecule has 1 heterocycles. The number of Topliss-reactive ketones (excluding diaryl/α,β-unsaturated/α-hetero) is 1. The first kappa shape index (κ1) is 24.2. The van der Waals surface area contributed by atoms with Gasteiger partial charge >= 0.3 is 6.18 Å². The number of ketones is 1. The summed E-state index contributed by atoms with van der Waals surface area (Å²) in [6.45, 7) is 3.79. The molecule has 1 unspecified atom stereocenters. The highest BCUT2D eigenvalue weighted by molar-refractivity contribution is 6.33. The molecule has 1 aliphatic carbocycles. The Balaban J connectivity index is 2.05. The van der Waals surface area contributed by atoms with Gasteiger partial charge < -0.3 is 5.73 Å². The zero-order chi connectivity index (χ0) is 25.0. The first-order valence-electron chi connectivity index (χ1n) is 10.4. The van der Waals surface area contributed by atoms with E-state index in [1.165, 1.54) is 4.90 Å². The minimum absolute atomic E-state index is 0.00659. The van der Waals surface area contributed by atoms with Crippen LogP contribution in [-0.2, 0) is 11.0 Å². The molecule has 2 N–H and O–H groups in total. The van der Waals surface area contributed by atoms with Crippen molar-refractivity contribution in [1.82, 2.24) is 0 Å². The van der Waals surface area contributed by atoms with Crippen LogP contribution in [-0.4, -0.2) is 5.78 Å². The summed E-state index contributed by atoms with van der Waals surface area (Å²) < 4.78 is 40.5. The number of allylic oxidation sites excluding steroid dienone is 3. The van der Waals surface area contributed by atoms with Crippen LogP contribution in [0.1, 0.15) is 43.7 Å². The molecule has 9 heteroatoms. The zero-order valence-corrected chi connectivity index (χ0v) is 19.8.